The van der Waals surface area contributed by atoms with Crippen LogP contribution in [0.2, 0.25) is 0 Å². The van der Waals surface area contributed by atoms with Crippen LogP contribution in [0.15, 0.2) is 66.7 Å². The normalized spacial score (nSPS) is 11.4. The van der Waals surface area contributed by atoms with Crippen LogP contribution >= 0.6 is 0 Å². The molecule has 0 radical (unpaired) electrons. The molecule has 1 amide bonds. The number of nitrogens with one attached hydrogen (secondary N) is 1. The van der Waals surface area contributed by atoms with E-state index in [9.17, 15) is 14.4 Å². The lowest BCUT2D eigenvalue weighted by Gasteiger charge is -2.17. The number of aryl methyl sites for hydroxylation is 1. The number of hydrogen-bond acceptors (Lipinski definition) is 6. The molecule has 3 aromatic carbocycles. The second-order valence-corrected chi connectivity index (χ2v) is 9.87. The van der Waals surface area contributed by atoms with Gasteiger partial charge in [0.05, 0.1) is 25.3 Å². The first-order valence-electron chi connectivity index (χ1n) is 13.8. The summed E-state index contributed by atoms with van der Waals surface area (Å²) in [6, 6.07) is 18.4. The fraction of sp³-hybridized carbons (Fsp3) is 0.364. The highest BCUT2D eigenvalue weighted by Crippen LogP contribution is 2.29. The number of benzene rings is 3. The zero-order valence-electron chi connectivity index (χ0n) is 23.8. The Labute approximate surface area is 236 Å². The first kappa shape index (κ1) is 30.4. The topological polar surface area (TPSA) is 90.9 Å². The molecule has 0 spiro atoms. The van der Waals surface area contributed by atoms with Gasteiger partial charge >= 0.3 is 5.97 Å². The Hall–Kier alpha value is -4.13. The van der Waals surface area contributed by atoms with Crippen LogP contribution in [0, 0.1) is 6.92 Å². The lowest BCUT2D eigenvalue weighted by molar-refractivity contribution is -0.118. The number of carbonyl (C=O) groups is 3. The van der Waals surface area contributed by atoms with Crippen LogP contribution in [0.5, 0.6) is 17.2 Å². The van der Waals surface area contributed by atoms with Gasteiger partial charge in [-0.05, 0) is 80.8 Å². The maximum Gasteiger partial charge on any atom is 0.343 e. The third kappa shape index (κ3) is 9.26. The summed E-state index contributed by atoms with van der Waals surface area (Å²) in [5, 5.41) is 2.81. The van der Waals surface area contributed by atoms with Crippen molar-refractivity contribution in [3.63, 3.8) is 0 Å². The second-order valence-electron chi connectivity index (χ2n) is 9.87. The van der Waals surface area contributed by atoms with Crippen molar-refractivity contribution in [1.82, 2.24) is 5.32 Å². The SMILES string of the molecule is CCCCCCCOc1ccc(C(=O)Oc2ccc(CC(NC(=O)c3ccc(C)cc3)C(C)=O)cc2OC)cc1. The number of ketones is 1. The maximum atomic E-state index is 12.8. The molecule has 0 aromatic heterocycles. The average molecular weight is 546 g/mol. The number of hydrogen-bond donors (Lipinski definition) is 1. The van der Waals surface area contributed by atoms with Gasteiger partial charge in [-0.1, -0.05) is 56.4 Å². The van der Waals surface area contributed by atoms with Gasteiger partial charge in [-0.15, -0.1) is 0 Å². The first-order valence-corrected chi connectivity index (χ1v) is 13.8. The minimum Gasteiger partial charge on any atom is -0.494 e. The predicted molar refractivity (Wildman–Crippen MR) is 155 cm³/mol. The zero-order chi connectivity index (χ0) is 28.9. The predicted octanol–water partition coefficient (Wildman–Crippen LogP) is 6.50. The highest BCUT2D eigenvalue weighted by atomic mass is 16.6. The molecule has 0 fully saturated rings. The number of ether oxygens (including phenoxy) is 3. The minimum atomic E-state index is -0.719. The lowest BCUT2D eigenvalue weighted by Crippen LogP contribution is -2.41. The molecule has 0 aliphatic carbocycles. The molecular formula is C33H39NO6. The van der Waals surface area contributed by atoms with Crippen molar-refractivity contribution >= 4 is 17.7 Å². The van der Waals surface area contributed by atoms with E-state index in [2.05, 4.69) is 12.2 Å². The van der Waals surface area contributed by atoms with Crippen molar-refractivity contribution in [2.24, 2.45) is 0 Å². The number of rotatable bonds is 15. The Morgan fingerprint density at radius 2 is 1.50 bits per heavy atom. The van der Waals surface area contributed by atoms with Crippen LogP contribution in [-0.4, -0.2) is 37.4 Å². The molecule has 0 heterocycles. The standard InChI is InChI=1S/C33H39NO6/c1-5-6-7-8-9-20-39-28-17-15-27(16-18-28)33(37)40-30-19-12-25(22-31(30)38-4)21-29(24(3)35)34-32(36)26-13-10-23(2)11-14-26/h10-19,22,29H,5-9,20-21H2,1-4H3,(H,34,36). The largest absolute Gasteiger partial charge is 0.494 e. The Bertz CT molecular complexity index is 1270. The van der Waals surface area contributed by atoms with Gasteiger partial charge in [0.2, 0.25) is 0 Å². The van der Waals surface area contributed by atoms with E-state index in [0.29, 0.717) is 29.2 Å². The van der Waals surface area contributed by atoms with Gasteiger partial charge in [0.25, 0.3) is 5.91 Å². The fourth-order valence-electron chi connectivity index (χ4n) is 4.14. The lowest BCUT2D eigenvalue weighted by atomic mass is 10.0. The zero-order valence-corrected chi connectivity index (χ0v) is 23.8. The Kier molecular flexibility index (Phi) is 11.8. The molecule has 1 unspecified atom stereocenters. The second kappa shape index (κ2) is 15.5. The summed E-state index contributed by atoms with van der Waals surface area (Å²) >= 11 is 0. The van der Waals surface area contributed by atoms with Gasteiger partial charge in [-0.3, -0.25) is 9.59 Å². The van der Waals surface area contributed by atoms with Crippen LogP contribution in [0.25, 0.3) is 0 Å². The van der Waals surface area contributed by atoms with Gasteiger partial charge in [-0.25, -0.2) is 4.79 Å². The van der Waals surface area contributed by atoms with Crippen molar-refractivity contribution in [2.45, 2.75) is 65.3 Å². The fourth-order valence-corrected chi connectivity index (χ4v) is 4.14. The van der Waals surface area contributed by atoms with E-state index in [4.69, 9.17) is 14.2 Å². The Balaban J connectivity index is 1.59. The molecule has 1 N–H and O–H groups in total. The average Bonchev–Trinajstić information content (AvgIpc) is 2.95. The van der Waals surface area contributed by atoms with E-state index in [0.717, 1.165) is 24.0 Å². The molecule has 212 valence electrons. The molecule has 0 saturated heterocycles. The quantitative estimate of drug-likeness (QED) is 0.133. The molecule has 1 atom stereocenters. The van der Waals surface area contributed by atoms with Gasteiger partial charge in [0.1, 0.15) is 5.75 Å². The van der Waals surface area contributed by atoms with Crippen molar-refractivity contribution < 1.29 is 28.6 Å². The Morgan fingerprint density at radius 3 is 2.15 bits per heavy atom. The van der Waals surface area contributed by atoms with Gasteiger partial charge in [0, 0.05) is 5.56 Å². The van der Waals surface area contributed by atoms with E-state index in [1.54, 1.807) is 54.6 Å². The summed E-state index contributed by atoms with van der Waals surface area (Å²) in [6.07, 6.45) is 6.09. The number of methoxy groups -OCH3 is 1. The van der Waals surface area contributed by atoms with Crippen molar-refractivity contribution in [3.05, 3.63) is 89.0 Å². The molecule has 3 rings (SSSR count). The maximum absolute atomic E-state index is 12.8. The highest BCUT2D eigenvalue weighted by molar-refractivity contribution is 5.97. The molecule has 7 nitrogen and oxygen atoms in total. The molecule has 0 aliphatic rings. The summed E-state index contributed by atoms with van der Waals surface area (Å²) in [4.78, 5) is 37.7. The third-order valence-electron chi connectivity index (χ3n) is 6.59. The van der Waals surface area contributed by atoms with E-state index < -0.39 is 12.0 Å². The molecule has 0 aliphatic heterocycles. The summed E-state index contributed by atoms with van der Waals surface area (Å²) in [7, 11) is 1.48. The summed E-state index contributed by atoms with van der Waals surface area (Å²) in [6.45, 7) is 6.22. The summed E-state index contributed by atoms with van der Waals surface area (Å²) < 4.78 is 16.8. The van der Waals surface area contributed by atoms with Gasteiger partial charge in [-0.2, -0.15) is 0 Å². The molecular weight excluding hydrogens is 506 g/mol. The van der Waals surface area contributed by atoms with E-state index >= 15 is 0 Å². The van der Waals surface area contributed by atoms with Crippen LogP contribution in [0.3, 0.4) is 0 Å². The number of esters is 1. The first-order chi connectivity index (χ1) is 19.3. The van der Waals surface area contributed by atoms with Crippen molar-refractivity contribution in [2.75, 3.05) is 13.7 Å². The number of carbonyl (C=O) groups excluding carboxylic acids is 3. The van der Waals surface area contributed by atoms with E-state index in [1.807, 2.05) is 19.1 Å². The minimum absolute atomic E-state index is 0.168. The van der Waals surface area contributed by atoms with E-state index in [-0.39, 0.29) is 23.9 Å². The van der Waals surface area contributed by atoms with Crippen molar-refractivity contribution in [3.8, 4) is 17.2 Å². The van der Waals surface area contributed by atoms with Gasteiger partial charge in [0.15, 0.2) is 17.3 Å². The number of unbranched alkanes of at least 4 members (excludes halogenated alkanes) is 4. The molecule has 3 aromatic rings. The van der Waals surface area contributed by atoms with Crippen LogP contribution in [-0.2, 0) is 11.2 Å². The molecule has 0 saturated carbocycles. The van der Waals surface area contributed by atoms with Crippen molar-refractivity contribution in [1.29, 1.82) is 0 Å². The van der Waals surface area contributed by atoms with Crippen LogP contribution in [0.4, 0.5) is 0 Å². The van der Waals surface area contributed by atoms with Crippen LogP contribution in [0.1, 0.15) is 77.8 Å². The molecule has 40 heavy (non-hydrogen) atoms. The molecule has 7 heteroatoms. The number of amides is 1. The van der Waals surface area contributed by atoms with Crippen LogP contribution < -0.4 is 19.5 Å². The highest BCUT2D eigenvalue weighted by Gasteiger charge is 2.20. The monoisotopic (exact) mass is 545 g/mol. The molecule has 0 bridgehead atoms. The third-order valence-corrected chi connectivity index (χ3v) is 6.59. The Morgan fingerprint density at radius 1 is 0.825 bits per heavy atom. The number of Topliss-reactive ketones (excluding diaryl/α,β-unsaturated/α-hetero) is 1. The van der Waals surface area contributed by atoms with E-state index in [1.165, 1.54) is 33.3 Å². The summed E-state index contributed by atoms with van der Waals surface area (Å²) in [5.41, 5.74) is 2.66. The summed E-state index contributed by atoms with van der Waals surface area (Å²) in [5.74, 6) is 0.306. The smallest absolute Gasteiger partial charge is 0.343 e. The van der Waals surface area contributed by atoms with Gasteiger partial charge < -0.3 is 19.5 Å².